The van der Waals surface area contributed by atoms with Crippen LogP contribution in [0.25, 0.3) is 11.8 Å². The number of nitro benzene ring substituents is 1. The minimum atomic E-state index is -3.83. The van der Waals surface area contributed by atoms with Crippen molar-refractivity contribution in [3.8, 4) is 5.69 Å². The molecule has 0 unspecified atom stereocenters. The van der Waals surface area contributed by atoms with Crippen molar-refractivity contribution < 1.29 is 27.7 Å². The first-order chi connectivity index (χ1) is 16.0. The molecular weight excluding hydrogens is 462 g/mol. The van der Waals surface area contributed by atoms with Crippen molar-refractivity contribution in [3.05, 3.63) is 93.3 Å². The van der Waals surface area contributed by atoms with Gasteiger partial charge in [-0.1, -0.05) is 12.1 Å². The van der Waals surface area contributed by atoms with E-state index in [1.54, 1.807) is 42.7 Å². The van der Waals surface area contributed by atoms with Gasteiger partial charge in [-0.05, 0) is 56.3 Å². The van der Waals surface area contributed by atoms with Crippen molar-refractivity contribution in [1.29, 1.82) is 0 Å². The number of sulfonamides is 1. The Kier molecular flexibility index (Phi) is 7.08. The highest BCUT2D eigenvalue weighted by atomic mass is 32.2. The summed E-state index contributed by atoms with van der Waals surface area (Å²) in [7, 11) is -3.83. The third-order valence-corrected chi connectivity index (χ3v) is 5.96. The Bertz CT molecular complexity index is 1400. The number of aromatic nitrogens is 1. The number of ether oxygens (including phenoxy) is 1. The van der Waals surface area contributed by atoms with Crippen molar-refractivity contribution in [3.63, 3.8) is 0 Å². The molecule has 0 aliphatic rings. The summed E-state index contributed by atoms with van der Waals surface area (Å²) >= 11 is 0. The van der Waals surface area contributed by atoms with Crippen LogP contribution in [-0.4, -0.2) is 36.3 Å². The highest BCUT2D eigenvalue weighted by Crippen LogP contribution is 2.23. The zero-order chi connectivity index (χ0) is 25.0. The number of hydrogen-bond donors (Lipinski definition) is 1. The lowest BCUT2D eigenvalue weighted by Crippen LogP contribution is -2.13. The van der Waals surface area contributed by atoms with Crippen LogP contribution in [0.3, 0.4) is 0 Å². The lowest BCUT2D eigenvalue weighted by molar-refractivity contribution is -0.385. The monoisotopic (exact) mass is 483 g/mol. The second-order valence-corrected chi connectivity index (χ2v) is 8.90. The van der Waals surface area contributed by atoms with E-state index in [2.05, 4.69) is 0 Å². The van der Waals surface area contributed by atoms with Crippen molar-refractivity contribution in [1.82, 2.24) is 4.57 Å². The summed E-state index contributed by atoms with van der Waals surface area (Å²) in [5.41, 5.74) is 2.33. The molecule has 0 bridgehead atoms. The Balaban J connectivity index is 1.72. The van der Waals surface area contributed by atoms with E-state index < -0.39 is 33.3 Å². The first-order valence-electron chi connectivity index (χ1n) is 9.92. The summed E-state index contributed by atoms with van der Waals surface area (Å²) in [6.45, 7) is 2.97. The molecule has 3 aromatic rings. The summed E-state index contributed by atoms with van der Waals surface area (Å²) in [5, 5.41) is 16.2. The van der Waals surface area contributed by atoms with Gasteiger partial charge >= 0.3 is 5.97 Å². The standard InChI is InChI=1S/C23H21N3O7S/c1-15-13-20(16(2)25(15)18-8-10-19(11-9-18)34(24,31)32)22(27)14-33-23(28)12-7-17-5-3-4-6-21(17)26(29)30/h3-13H,14H2,1-2H3,(H2,24,31,32)/b12-7+. The number of carbonyl (C=O) groups excluding carboxylic acids is 2. The molecule has 2 aromatic carbocycles. The summed E-state index contributed by atoms with van der Waals surface area (Å²) in [6.07, 6.45) is 2.27. The third kappa shape index (κ3) is 5.45. The Morgan fingerprint density at radius 3 is 2.38 bits per heavy atom. The number of hydrogen-bond acceptors (Lipinski definition) is 7. The van der Waals surface area contributed by atoms with E-state index in [-0.39, 0.29) is 16.1 Å². The van der Waals surface area contributed by atoms with Gasteiger partial charge in [-0.25, -0.2) is 18.4 Å². The van der Waals surface area contributed by atoms with Crippen LogP contribution in [0.4, 0.5) is 5.69 Å². The van der Waals surface area contributed by atoms with Crippen molar-refractivity contribution in [2.24, 2.45) is 5.14 Å². The highest BCUT2D eigenvalue weighted by Gasteiger charge is 2.18. The number of para-hydroxylation sites is 1. The number of rotatable bonds is 8. The van der Waals surface area contributed by atoms with Crippen LogP contribution in [0.5, 0.6) is 0 Å². The molecule has 0 spiro atoms. The van der Waals surface area contributed by atoms with E-state index in [9.17, 15) is 28.1 Å². The number of carbonyl (C=O) groups is 2. The van der Waals surface area contributed by atoms with Crippen LogP contribution in [-0.2, 0) is 19.6 Å². The fourth-order valence-electron chi connectivity index (χ4n) is 3.44. The summed E-state index contributed by atoms with van der Waals surface area (Å²) < 4.78 is 29.7. The van der Waals surface area contributed by atoms with Crippen molar-refractivity contribution in [2.75, 3.05) is 6.61 Å². The summed E-state index contributed by atoms with van der Waals surface area (Å²) in [5.74, 6) is -1.26. The van der Waals surface area contributed by atoms with E-state index in [0.717, 1.165) is 6.08 Å². The van der Waals surface area contributed by atoms with E-state index in [1.807, 2.05) is 0 Å². The molecule has 34 heavy (non-hydrogen) atoms. The molecule has 0 amide bonds. The zero-order valence-corrected chi connectivity index (χ0v) is 19.1. The number of primary sulfonamides is 1. The minimum absolute atomic E-state index is 0.0317. The van der Waals surface area contributed by atoms with Crippen molar-refractivity contribution >= 4 is 33.5 Å². The smallest absolute Gasteiger partial charge is 0.331 e. The maximum absolute atomic E-state index is 12.7. The minimum Gasteiger partial charge on any atom is -0.454 e. The number of aryl methyl sites for hydroxylation is 1. The van der Waals surface area contributed by atoms with Crippen LogP contribution < -0.4 is 5.14 Å². The molecule has 2 N–H and O–H groups in total. The van der Waals surface area contributed by atoms with Gasteiger partial charge in [0.05, 0.1) is 15.4 Å². The maximum Gasteiger partial charge on any atom is 0.331 e. The number of nitro groups is 1. The molecular formula is C23H21N3O7S. The largest absolute Gasteiger partial charge is 0.454 e. The molecule has 0 radical (unpaired) electrons. The van der Waals surface area contributed by atoms with E-state index >= 15 is 0 Å². The number of nitrogens with two attached hydrogens (primary N) is 1. The third-order valence-electron chi connectivity index (χ3n) is 5.03. The number of esters is 1. The van der Waals surface area contributed by atoms with Gasteiger partial charge in [-0.2, -0.15) is 0 Å². The van der Waals surface area contributed by atoms with Crippen LogP contribution in [0.2, 0.25) is 0 Å². The van der Waals surface area contributed by atoms with Gasteiger partial charge in [0.2, 0.25) is 15.8 Å². The van der Waals surface area contributed by atoms with E-state index in [0.29, 0.717) is 22.6 Å². The van der Waals surface area contributed by atoms with Crippen molar-refractivity contribution in [2.45, 2.75) is 18.7 Å². The van der Waals surface area contributed by atoms with E-state index in [1.165, 1.54) is 36.4 Å². The quantitative estimate of drug-likeness (QED) is 0.170. The second kappa shape index (κ2) is 9.81. The first-order valence-corrected chi connectivity index (χ1v) is 11.5. The Morgan fingerprint density at radius 1 is 1.12 bits per heavy atom. The second-order valence-electron chi connectivity index (χ2n) is 7.34. The SMILES string of the molecule is Cc1cc(C(=O)COC(=O)/C=C/c2ccccc2[N+](=O)[O-])c(C)n1-c1ccc(S(N)(=O)=O)cc1. The predicted octanol–water partition coefficient (Wildman–Crippen LogP) is 3.09. The van der Waals surface area contributed by atoms with Crippen LogP contribution >= 0.6 is 0 Å². The van der Waals surface area contributed by atoms with Crippen LogP contribution in [0.1, 0.15) is 27.3 Å². The first kappa shape index (κ1) is 24.6. The molecule has 11 heteroatoms. The molecule has 0 saturated heterocycles. The lowest BCUT2D eigenvalue weighted by atomic mass is 10.1. The van der Waals surface area contributed by atoms with Gasteiger partial charge in [0, 0.05) is 34.8 Å². The number of Topliss-reactive ketones (excluding diaryl/α,β-unsaturated/α-hetero) is 1. The van der Waals surface area contributed by atoms with E-state index in [4.69, 9.17) is 9.88 Å². The zero-order valence-electron chi connectivity index (χ0n) is 18.3. The lowest BCUT2D eigenvalue weighted by Gasteiger charge is -2.10. The fraction of sp³-hybridized carbons (Fsp3) is 0.130. The molecule has 10 nitrogen and oxygen atoms in total. The molecule has 0 saturated carbocycles. The topological polar surface area (TPSA) is 152 Å². The predicted molar refractivity (Wildman–Crippen MR) is 124 cm³/mol. The average Bonchev–Trinajstić information content (AvgIpc) is 3.09. The molecule has 1 aromatic heterocycles. The molecule has 0 atom stereocenters. The number of benzene rings is 2. The van der Waals surface area contributed by atoms with Gasteiger partial charge in [0.25, 0.3) is 5.69 Å². The summed E-state index contributed by atoms with van der Waals surface area (Å²) in [4.78, 5) is 35.1. The molecule has 1 heterocycles. The highest BCUT2D eigenvalue weighted by molar-refractivity contribution is 7.89. The van der Waals surface area contributed by atoms with Crippen LogP contribution in [0, 0.1) is 24.0 Å². The number of nitrogens with zero attached hydrogens (tertiary/aromatic N) is 2. The van der Waals surface area contributed by atoms with Gasteiger partial charge in [-0.15, -0.1) is 0 Å². The molecule has 3 rings (SSSR count). The Morgan fingerprint density at radius 2 is 1.76 bits per heavy atom. The van der Waals surface area contributed by atoms with Gasteiger partial charge in [-0.3, -0.25) is 14.9 Å². The number of ketones is 1. The molecule has 0 aliphatic heterocycles. The average molecular weight is 484 g/mol. The molecule has 0 fully saturated rings. The van der Waals surface area contributed by atoms with Gasteiger partial charge in [0.15, 0.2) is 6.61 Å². The Labute approximate surface area is 195 Å². The molecule has 0 aliphatic carbocycles. The maximum atomic E-state index is 12.7. The Hall–Kier alpha value is -4.09. The van der Waals surface area contributed by atoms with Gasteiger partial charge < -0.3 is 9.30 Å². The molecule has 176 valence electrons. The summed E-state index contributed by atoms with van der Waals surface area (Å²) in [6, 6.07) is 13.4. The normalized spacial score (nSPS) is 11.5. The van der Waals surface area contributed by atoms with Crippen LogP contribution in [0.15, 0.2) is 65.6 Å². The fourth-order valence-corrected chi connectivity index (χ4v) is 3.96. The van der Waals surface area contributed by atoms with Gasteiger partial charge in [0.1, 0.15) is 0 Å².